The largest absolute Gasteiger partial charge is 0.450 e. The fourth-order valence-electron chi connectivity index (χ4n) is 3.44. The van der Waals surface area contributed by atoms with E-state index in [1.54, 1.807) is 17.3 Å². The van der Waals surface area contributed by atoms with Crippen molar-refractivity contribution in [1.82, 2.24) is 19.9 Å². The van der Waals surface area contributed by atoms with Gasteiger partial charge in [0.1, 0.15) is 0 Å². The van der Waals surface area contributed by atoms with Crippen molar-refractivity contribution in [3.63, 3.8) is 0 Å². The van der Waals surface area contributed by atoms with Crippen molar-refractivity contribution < 1.29 is 9.53 Å². The lowest BCUT2D eigenvalue weighted by Crippen LogP contribution is -2.49. The van der Waals surface area contributed by atoms with Gasteiger partial charge >= 0.3 is 6.09 Å². The predicted octanol–water partition coefficient (Wildman–Crippen LogP) is 2.25. The molecule has 0 atom stereocenters. The van der Waals surface area contributed by atoms with E-state index in [-0.39, 0.29) is 6.09 Å². The maximum absolute atomic E-state index is 11.9. The summed E-state index contributed by atoms with van der Waals surface area (Å²) in [6.07, 6.45) is 8.04. The number of ether oxygens (including phenoxy) is 1. The van der Waals surface area contributed by atoms with E-state index >= 15 is 0 Å². The highest BCUT2D eigenvalue weighted by atomic mass is 16.6. The second-order valence-corrected chi connectivity index (χ2v) is 6.28. The van der Waals surface area contributed by atoms with Gasteiger partial charge < -0.3 is 14.5 Å². The van der Waals surface area contributed by atoms with E-state index < -0.39 is 0 Å². The quantitative estimate of drug-likeness (QED) is 0.845. The fraction of sp³-hybridized carbons (Fsp3) is 0.368. The first kappa shape index (κ1) is 16.5. The Labute approximate surface area is 152 Å². The fourth-order valence-corrected chi connectivity index (χ4v) is 3.44. The number of pyridine rings is 1. The third kappa shape index (κ3) is 3.12. The number of carbonyl (C=O) groups excluding carboxylic acids is 1. The van der Waals surface area contributed by atoms with Crippen molar-refractivity contribution in [1.29, 1.82) is 0 Å². The van der Waals surface area contributed by atoms with Gasteiger partial charge in [-0.2, -0.15) is 0 Å². The van der Waals surface area contributed by atoms with Gasteiger partial charge in [-0.1, -0.05) is 0 Å². The molecule has 2 aromatic rings. The van der Waals surface area contributed by atoms with Gasteiger partial charge in [-0.05, 0) is 25.1 Å². The summed E-state index contributed by atoms with van der Waals surface area (Å²) in [5.74, 6) is 0.753. The van der Waals surface area contributed by atoms with Crippen molar-refractivity contribution in [2.45, 2.75) is 13.3 Å². The van der Waals surface area contributed by atoms with E-state index in [9.17, 15) is 4.79 Å². The summed E-state index contributed by atoms with van der Waals surface area (Å²) in [5, 5.41) is 0. The molecule has 1 aliphatic heterocycles. The molecule has 0 unspecified atom stereocenters. The summed E-state index contributed by atoms with van der Waals surface area (Å²) in [6.45, 7) is 5.12. The molecular weight excluding hydrogens is 330 g/mol. The lowest BCUT2D eigenvalue weighted by molar-refractivity contribution is 0.105. The molecule has 134 valence electrons. The summed E-state index contributed by atoms with van der Waals surface area (Å²) >= 11 is 0. The first-order valence-corrected chi connectivity index (χ1v) is 8.88. The van der Waals surface area contributed by atoms with Gasteiger partial charge in [0.15, 0.2) is 5.82 Å². The number of hydrogen-bond acceptors (Lipinski definition) is 6. The third-order valence-corrected chi connectivity index (χ3v) is 4.73. The number of amides is 1. The maximum Gasteiger partial charge on any atom is 0.409 e. The van der Waals surface area contributed by atoms with Gasteiger partial charge in [-0.3, -0.25) is 4.98 Å². The van der Waals surface area contributed by atoms with Gasteiger partial charge in [-0.25, -0.2) is 14.8 Å². The number of allylic oxidation sites excluding steroid dienone is 1. The Bertz CT molecular complexity index is 829. The molecule has 7 nitrogen and oxygen atoms in total. The molecule has 2 aromatic heterocycles. The van der Waals surface area contributed by atoms with Gasteiger partial charge in [0.25, 0.3) is 0 Å². The second-order valence-electron chi connectivity index (χ2n) is 6.28. The monoisotopic (exact) mass is 351 g/mol. The molecule has 0 bridgehead atoms. The Kier molecular flexibility index (Phi) is 4.51. The number of nitrogens with zero attached hydrogens (tertiary/aromatic N) is 5. The van der Waals surface area contributed by atoms with E-state index in [1.807, 2.05) is 25.3 Å². The van der Waals surface area contributed by atoms with Crippen molar-refractivity contribution in [3.05, 3.63) is 47.8 Å². The first-order chi connectivity index (χ1) is 12.8. The molecule has 1 fully saturated rings. The van der Waals surface area contributed by atoms with Crippen LogP contribution >= 0.6 is 0 Å². The van der Waals surface area contributed by atoms with E-state index in [1.165, 1.54) is 0 Å². The number of carbonyl (C=O) groups is 1. The molecule has 7 heteroatoms. The molecule has 1 saturated heterocycles. The lowest BCUT2D eigenvalue weighted by Gasteiger charge is -2.36. The molecule has 1 aliphatic carbocycles. The molecule has 0 N–H and O–H groups in total. The van der Waals surface area contributed by atoms with Gasteiger partial charge in [0.2, 0.25) is 0 Å². The number of rotatable bonds is 3. The summed E-state index contributed by atoms with van der Waals surface area (Å²) in [4.78, 5) is 29.2. The number of hydrogen-bond donors (Lipinski definition) is 0. The van der Waals surface area contributed by atoms with E-state index in [2.05, 4.69) is 25.9 Å². The zero-order valence-electron chi connectivity index (χ0n) is 14.8. The molecule has 4 rings (SSSR count). The Morgan fingerprint density at radius 3 is 2.62 bits per heavy atom. The van der Waals surface area contributed by atoms with E-state index in [0.29, 0.717) is 19.7 Å². The Morgan fingerprint density at radius 2 is 1.88 bits per heavy atom. The summed E-state index contributed by atoms with van der Waals surface area (Å²) in [7, 11) is 0. The van der Waals surface area contributed by atoms with Crippen LogP contribution in [0.15, 0.2) is 30.7 Å². The second kappa shape index (κ2) is 7.11. The molecule has 0 radical (unpaired) electrons. The van der Waals surface area contributed by atoms with Crippen LogP contribution in [0.1, 0.15) is 24.0 Å². The van der Waals surface area contributed by atoms with Crippen LogP contribution in [0.3, 0.4) is 0 Å². The number of piperazine rings is 1. The SMILES string of the molecule is CCOC(=O)N1CCN(c2ccnc3c2C=C(c2ncccn2)C3)CC1. The normalized spacial score (nSPS) is 16.3. The average Bonchev–Trinajstić information content (AvgIpc) is 3.13. The number of aromatic nitrogens is 3. The Hall–Kier alpha value is -2.96. The molecule has 3 heterocycles. The topological polar surface area (TPSA) is 71.5 Å². The molecule has 0 saturated carbocycles. The lowest BCUT2D eigenvalue weighted by atomic mass is 10.1. The smallest absolute Gasteiger partial charge is 0.409 e. The summed E-state index contributed by atoms with van der Waals surface area (Å²) in [5.41, 5.74) is 4.44. The minimum Gasteiger partial charge on any atom is -0.450 e. The molecule has 0 aromatic carbocycles. The zero-order chi connectivity index (χ0) is 17.9. The standard InChI is InChI=1S/C19H21N5O2/c1-2-26-19(25)24-10-8-23(9-11-24)17-4-7-20-16-13-14(12-15(16)17)18-21-5-3-6-22-18/h3-7,12H,2,8-11,13H2,1H3. The predicted molar refractivity (Wildman–Crippen MR) is 98.7 cm³/mol. The molecule has 2 aliphatic rings. The highest BCUT2D eigenvalue weighted by Gasteiger charge is 2.26. The number of fused-ring (bicyclic) bond motifs is 1. The summed E-state index contributed by atoms with van der Waals surface area (Å²) in [6, 6.07) is 3.86. The van der Waals surface area contributed by atoms with Crippen LogP contribution in [-0.4, -0.2) is 58.7 Å². The minimum atomic E-state index is -0.226. The van der Waals surface area contributed by atoms with Crippen LogP contribution < -0.4 is 4.90 Å². The average molecular weight is 351 g/mol. The van der Waals surface area contributed by atoms with Crippen LogP contribution in [-0.2, 0) is 11.2 Å². The Morgan fingerprint density at radius 1 is 1.12 bits per heavy atom. The van der Waals surface area contributed by atoms with E-state index in [4.69, 9.17) is 4.74 Å². The molecule has 0 spiro atoms. The van der Waals surface area contributed by atoms with Crippen molar-refractivity contribution in [2.75, 3.05) is 37.7 Å². The highest BCUT2D eigenvalue weighted by Crippen LogP contribution is 2.35. The summed E-state index contributed by atoms with van der Waals surface area (Å²) < 4.78 is 5.09. The minimum absolute atomic E-state index is 0.226. The van der Waals surface area contributed by atoms with Crippen LogP contribution in [0.5, 0.6) is 0 Å². The van der Waals surface area contributed by atoms with Crippen LogP contribution in [0.4, 0.5) is 10.5 Å². The van der Waals surface area contributed by atoms with Crippen LogP contribution in [0, 0.1) is 0 Å². The molecular formula is C19H21N5O2. The maximum atomic E-state index is 11.9. The van der Waals surface area contributed by atoms with Gasteiger partial charge in [0, 0.05) is 68.0 Å². The molecule has 1 amide bonds. The van der Waals surface area contributed by atoms with Crippen LogP contribution in [0.2, 0.25) is 0 Å². The zero-order valence-corrected chi connectivity index (χ0v) is 14.8. The Balaban J connectivity index is 1.53. The number of anilines is 1. The van der Waals surface area contributed by atoms with Gasteiger partial charge in [0.05, 0.1) is 12.3 Å². The van der Waals surface area contributed by atoms with Crippen molar-refractivity contribution >= 4 is 23.4 Å². The van der Waals surface area contributed by atoms with Crippen molar-refractivity contribution in [3.8, 4) is 0 Å². The van der Waals surface area contributed by atoms with Crippen molar-refractivity contribution in [2.24, 2.45) is 0 Å². The first-order valence-electron chi connectivity index (χ1n) is 8.88. The van der Waals surface area contributed by atoms with Crippen LogP contribution in [0.25, 0.3) is 11.6 Å². The molecule has 26 heavy (non-hydrogen) atoms. The third-order valence-electron chi connectivity index (χ3n) is 4.73. The highest BCUT2D eigenvalue weighted by molar-refractivity contribution is 5.90. The van der Waals surface area contributed by atoms with Gasteiger partial charge in [-0.15, -0.1) is 0 Å². The van der Waals surface area contributed by atoms with E-state index in [0.717, 1.165) is 47.9 Å².